The van der Waals surface area contributed by atoms with Crippen LogP contribution < -0.4 is 5.32 Å². The molecule has 0 aliphatic heterocycles. The summed E-state index contributed by atoms with van der Waals surface area (Å²) in [4.78, 5) is 38.6. The largest absolute Gasteiger partial charge is 0.480 e. The average molecular weight is 463 g/mol. The predicted molar refractivity (Wildman–Crippen MR) is 126 cm³/mol. The van der Waals surface area contributed by atoms with Gasteiger partial charge in [0, 0.05) is 12.0 Å². The fourth-order valence-corrected chi connectivity index (χ4v) is 5.52. The van der Waals surface area contributed by atoms with E-state index in [0.717, 1.165) is 36.8 Å². The van der Waals surface area contributed by atoms with E-state index in [1.165, 1.54) is 16.0 Å². The van der Waals surface area contributed by atoms with Gasteiger partial charge in [-0.05, 0) is 47.9 Å². The molecule has 2 saturated carbocycles. The first-order valence-electron chi connectivity index (χ1n) is 12.1. The van der Waals surface area contributed by atoms with E-state index in [1.54, 1.807) is 0 Å². The second-order valence-corrected chi connectivity index (χ2v) is 9.76. The highest BCUT2D eigenvalue weighted by molar-refractivity contribution is 5.84. The van der Waals surface area contributed by atoms with Crippen molar-refractivity contribution in [3.05, 3.63) is 59.7 Å². The number of rotatable bonds is 8. The molecule has 7 heteroatoms. The molecule has 34 heavy (non-hydrogen) atoms. The predicted octanol–water partition coefficient (Wildman–Crippen LogP) is 4.30. The van der Waals surface area contributed by atoms with Gasteiger partial charge in [-0.1, -0.05) is 61.4 Å². The first kappa shape index (κ1) is 22.4. The third-order valence-electron chi connectivity index (χ3n) is 7.45. The lowest BCUT2D eigenvalue weighted by Crippen LogP contribution is -2.47. The topological polar surface area (TPSA) is 95.9 Å². The zero-order chi connectivity index (χ0) is 23.7. The molecule has 2 fully saturated rings. The number of amides is 2. The minimum absolute atomic E-state index is 0.0196. The van der Waals surface area contributed by atoms with Gasteiger partial charge < -0.3 is 20.1 Å². The van der Waals surface area contributed by atoms with E-state index in [9.17, 15) is 19.5 Å². The number of aliphatic carboxylic acids is 1. The van der Waals surface area contributed by atoms with Crippen molar-refractivity contribution in [2.45, 2.75) is 62.4 Å². The van der Waals surface area contributed by atoms with Crippen molar-refractivity contribution in [1.82, 2.24) is 10.2 Å². The van der Waals surface area contributed by atoms with Crippen LogP contribution in [0.2, 0.25) is 0 Å². The Balaban J connectivity index is 1.20. The molecule has 5 rings (SSSR count). The number of carboxylic acids is 1. The van der Waals surface area contributed by atoms with E-state index in [-0.39, 0.29) is 37.4 Å². The van der Waals surface area contributed by atoms with Crippen LogP contribution in [0.15, 0.2) is 48.5 Å². The summed E-state index contributed by atoms with van der Waals surface area (Å²) >= 11 is 0. The molecule has 3 aliphatic carbocycles. The zero-order valence-corrected chi connectivity index (χ0v) is 19.2. The van der Waals surface area contributed by atoms with Gasteiger partial charge in [-0.25, -0.2) is 4.79 Å². The number of hydrogen-bond acceptors (Lipinski definition) is 4. The third kappa shape index (κ3) is 4.52. The molecule has 2 aromatic rings. The minimum atomic E-state index is -1.01. The fourth-order valence-electron chi connectivity index (χ4n) is 5.52. The highest BCUT2D eigenvalue weighted by atomic mass is 16.5. The first-order chi connectivity index (χ1) is 16.5. The Bertz CT molecular complexity index is 1060. The van der Waals surface area contributed by atoms with Crippen molar-refractivity contribution in [2.75, 3.05) is 13.2 Å². The lowest BCUT2D eigenvalue weighted by Gasteiger charge is -2.29. The molecule has 0 unspecified atom stereocenters. The Labute approximate surface area is 199 Å². The normalized spacial score (nSPS) is 18.1. The first-order valence-corrected chi connectivity index (χ1v) is 12.1. The van der Waals surface area contributed by atoms with Crippen LogP contribution in [0.1, 0.15) is 62.0 Å². The fraction of sp³-hybridized carbons (Fsp3) is 0.444. The van der Waals surface area contributed by atoms with E-state index in [4.69, 9.17) is 4.74 Å². The molecule has 2 amide bonds. The van der Waals surface area contributed by atoms with Crippen LogP contribution in [-0.4, -0.2) is 52.7 Å². The maximum Gasteiger partial charge on any atom is 0.407 e. The quantitative estimate of drug-likeness (QED) is 0.610. The second kappa shape index (κ2) is 9.12. The van der Waals surface area contributed by atoms with Crippen molar-refractivity contribution < 1.29 is 24.2 Å². The van der Waals surface area contributed by atoms with Gasteiger partial charge in [-0.15, -0.1) is 0 Å². The Hall–Kier alpha value is -3.35. The molecule has 2 aromatic carbocycles. The monoisotopic (exact) mass is 462 g/mol. The van der Waals surface area contributed by atoms with Gasteiger partial charge in [0.1, 0.15) is 13.2 Å². The lowest BCUT2D eigenvalue weighted by molar-refractivity contribution is -0.146. The van der Waals surface area contributed by atoms with Crippen molar-refractivity contribution in [3.63, 3.8) is 0 Å². The van der Waals surface area contributed by atoms with E-state index >= 15 is 0 Å². The molecule has 2 N–H and O–H groups in total. The smallest absolute Gasteiger partial charge is 0.407 e. The van der Waals surface area contributed by atoms with Crippen LogP contribution in [0.3, 0.4) is 0 Å². The zero-order valence-electron chi connectivity index (χ0n) is 19.2. The van der Waals surface area contributed by atoms with Gasteiger partial charge in [-0.2, -0.15) is 0 Å². The Morgan fingerprint density at radius 3 is 2.12 bits per heavy atom. The number of benzene rings is 2. The van der Waals surface area contributed by atoms with Gasteiger partial charge in [0.15, 0.2) is 0 Å². The summed E-state index contributed by atoms with van der Waals surface area (Å²) in [5, 5.41) is 12.2. The maximum absolute atomic E-state index is 13.0. The van der Waals surface area contributed by atoms with Crippen LogP contribution in [0, 0.1) is 0 Å². The van der Waals surface area contributed by atoms with Gasteiger partial charge >= 0.3 is 12.1 Å². The highest BCUT2D eigenvalue weighted by Gasteiger charge is 2.48. The van der Waals surface area contributed by atoms with Crippen molar-refractivity contribution in [2.24, 2.45) is 0 Å². The van der Waals surface area contributed by atoms with Crippen LogP contribution in [-0.2, 0) is 14.3 Å². The van der Waals surface area contributed by atoms with Gasteiger partial charge in [0.05, 0.1) is 12.0 Å². The standard InChI is InChI=1S/C27H30N2O5/c30-24(29(16-25(31)32)18-7-1-2-8-18)15-27(13-14-27)28-26(33)34-17-23-21-11-5-3-9-19(21)20-10-4-6-12-22(20)23/h3-6,9-12,18,23H,1-2,7-8,13-17H2,(H,28,33)(H,31,32). The summed E-state index contributed by atoms with van der Waals surface area (Å²) in [7, 11) is 0. The average Bonchev–Trinajstić information content (AvgIpc) is 3.22. The van der Waals surface area contributed by atoms with E-state index in [0.29, 0.717) is 12.8 Å². The van der Waals surface area contributed by atoms with Crippen molar-refractivity contribution in [1.29, 1.82) is 0 Å². The summed E-state index contributed by atoms with van der Waals surface area (Å²) in [5.74, 6) is -1.23. The molecule has 7 nitrogen and oxygen atoms in total. The Morgan fingerprint density at radius 2 is 1.56 bits per heavy atom. The summed E-state index contributed by atoms with van der Waals surface area (Å²) in [6, 6.07) is 16.3. The molecule has 0 saturated heterocycles. The number of fused-ring (bicyclic) bond motifs is 3. The summed E-state index contributed by atoms with van der Waals surface area (Å²) < 4.78 is 5.65. The number of hydrogen-bond donors (Lipinski definition) is 2. The van der Waals surface area contributed by atoms with E-state index in [2.05, 4.69) is 29.6 Å². The molecule has 0 spiro atoms. The molecule has 0 aromatic heterocycles. The highest BCUT2D eigenvalue weighted by Crippen LogP contribution is 2.45. The van der Waals surface area contributed by atoms with Crippen molar-refractivity contribution >= 4 is 18.0 Å². The van der Waals surface area contributed by atoms with Crippen LogP contribution in [0.25, 0.3) is 11.1 Å². The number of ether oxygens (including phenoxy) is 1. The molecule has 178 valence electrons. The van der Waals surface area contributed by atoms with E-state index in [1.807, 2.05) is 24.3 Å². The van der Waals surface area contributed by atoms with Crippen molar-refractivity contribution in [3.8, 4) is 11.1 Å². The summed E-state index contributed by atoms with van der Waals surface area (Å²) in [6.07, 6.45) is 4.66. The molecule has 0 atom stereocenters. The SMILES string of the molecule is O=C(O)CN(C(=O)CC1(NC(=O)OCC2c3ccccc3-c3ccccc32)CC1)C1CCCC1. The number of nitrogens with one attached hydrogen (secondary N) is 1. The van der Waals surface area contributed by atoms with Crippen LogP contribution in [0.4, 0.5) is 4.79 Å². The summed E-state index contributed by atoms with van der Waals surface area (Å²) in [6.45, 7) is -0.0678. The molecule has 0 radical (unpaired) electrons. The number of carbonyl (C=O) groups excluding carboxylic acids is 2. The number of carboxylic acid groups (broad SMARTS) is 1. The maximum atomic E-state index is 13.0. The number of alkyl carbamates (subject to hydrolysis) is 1. The summed E-state index contributed by atoms with van der Waals surface area (Å²) in [5.41, 5.74) is 4.00. The van der Waals surface area contributed by atoms with E-state index < -0.39 is 17.6 Å². The van der Waals surface area contributed by atoms with Gasteiger partial charge in [0.25, 0.3) is 0 Å². The third-order valence-corrected chi connectivity index (χ3v) is 7.45. The van der Waals surface area contributed by atoms with Gasteiger partial charge in [0.2, 0.25) is 5.91 Å². The van der Waals surface area contributed by atoms with Crippen LogP contribution >= 0.6 is 0 Å². The molecule has 0 bridgehead atoms. The van der Waals surface area contributed by atoms with Gasteiger partial charge in [-0.3, -0.25) is 9.59 Å². The Kier molecular flexibility index (Phi) is 6.02. The molecular weight excluding hydrogens is 432 g/mol. The lowest BCUT2D eigenvalue weighted by atomic mass is 9.98. The second-order valence-electron chi connectivity index (χ2n) is 9.76. The molecule has 0 heterocycles. The number of nitrogens with zero attached hydrogens (tertiary/aromatic N) is 1. The minimum Gasteiger partial charge on any atom is -0.480 e. The molecule has 3 aliphatic rings. The molecular formula is C27H30N2O5. The Morgan fingerprint density at radius 1 is 0.971 bits per heavy atom. The number of carbonyl (C=O) groups is 3. The van der Waals surface area contributed by atoms with Crippen LogP contribution in [0.5, 0.6) is 0 Å².